The minimum absolute atomic E-state index is 0.0974. The molecular weight excluding hydrogens is 468 g/mol. The van der Waals surface area contributed by atoms with Crippen LogP contribution in [0, 0.1) is 6.92 Å². The number of sulfonamides is 1. The predicted molar refractivity (Wildman–Crippen MR) is 132 cm³/mol. The number of carbonyl (C=O) groups excluding carboxylic acids is 1. The maximum absolute atomic E-state index is 13.5. The summed E-state index contributed by atoms with van der Waals surface area (Å²) in [5.74, 6) is 0.484. The van der Waals surface area contributed by atoms with E-state index in [9.17, 15) is 13.2 Å². The Morgan fingerprint density at radius 2 is 1.83 bits per heavy atom. The van der Waals surface area contributed by atoms with E-state index in [1.54, 1.807) is 24.3 Å². The molecule has 8 nitrogen and oxygen atoms in total. The molecule has 0 saturated carbocycles. The number of anilines is 1. The number of nitrogens with zero attached hydrogens (tertiary/aromatic N) is 1. The molecule has 0 saturated heterocycles. The second-order valence-corrected chi connectivity index (χ2v) is 9.98. The van der Waals surface area contributed by atoms with Gasteiger partial charge in [0.1, 0.15) is 11.5 Å². The molecule has 0 bridgehead atoms. The van der Waals surface area contributed by atoms with Crippen LogP contribution in [0.25, 0.3) is 0 Å². The SMILES string of the molecule is COc1ccc(S(=O)(=O)N2C[C@@H](C(=O)NCCOCc3ccccc3)Oc3cc(C)ccc32)cc1. The molecule has 0 aromatic heterocycles. The molecule has 3 aromatic carbocycles. The van der Waals surface area contributed by atoms with Gasteiger partial charge in [0.2, 0.25) is 0 Å². The molecule has 4 rings (SSSR count). The van der Waals surface area contributed by atoms with E-state index >= 15 is 0 Å². The molecule has 1 amide bonds. The number of ether oxygens (including phenoxy) is 3. The van der Waals surface area contributed by atoms with Crippen molar-refractivity contribution in [1.29, 1.82) is 0 Å². The summed E-state index contributed by atoms with van der Waals surface area (Å²) in [4.78, 5) is 13.0. The van der Waals surface area contributed by atoms with E-state index in [1.807, 2.05) is 43.3 Å². The molecule has 0 radical (unpaired) electrons. The lowest BCUT2D eigenvalue weighted by Crippen LogP contribution is -2.51. The Morgan fingerprint density at radius 1 is 1.09 bits per heavy atom. The summed E-state index contributed by atoms with van der Waals surface area (Å²) < 4.78 is 44.9. The number of fused-ring (bicyclic) bond motifs is 1. The smallest absolute Gasteiger partial charge is 0.264 e. The highest BCUT2D eigenvalue weighted by Gasteiger charge is 2.37. The average Bonchev–Trinajstić information content (AvgIpc) is 2.88. The van der Waals surface area contributed by atoms with E-state index in [2.05, 4.69) is 5.32 Å². The third kappa shape index (κ3) is 5.75. The summed E-state index contributed by atoms with van der Waals surface area (Å²) in [6.07, 6.45) is -1.01. The Hall–Kier alpha value is -3.56. The third-order valence-corrected chi connectivity index (χ3v) is 7.38. The largest absolute Gasteiger partial charge is 0.497 e. The van der Waals surface area contributed by atoms with Crippen LogP contribution in [0.2, 0.25) is 0 Å². The van der Waals surface area contributed by atoms with Gasteiger partial charge in [-0.25, -0.2) is 8.42 Å². The van der Waals surface area contributed by atoms with Gasteiger partial charge >= 0.3 is 0 Å². The van der Waals surface area contributed by atoms with Gasteiger partial charge in [-0.15, -0.1) is 0 Å². The van der Waals surface area contributed by atoms with Crippen LogP contribution in [-0.2, 0) is 26.2 Å². The topological polar surface area (TPSA) is 94.2 Å². The van der Waals surface area contributed by atoms with E-state index in [0.717, 1.165) is 11.1 Å². The molecular formula is C26H28N2O6S. The molecule has 35 heavy (non-hydrogen) atoms. The van der Waals surface area contributed by atoms with Crippen LogP contribution >= 0.6 is 0 Å². The van der Waals surface area contributed by atoms with Crippen molar-refractivity contribution in [2.24, 2.45) is 0 Å². The lowest BCUT2D eigenvalue weighted by Gasteiger charge is -2.35. The lowest BCUT2D eigenvalue weighted by molar-refractivity contribution is -0.128. The summed E-state index contributed by atoms with van der Waals surface area (Å²) in [5, 5.41) is 2.78. The number of rotatable bonds is 9. The maximum atomic E-state index is 13.5. The molecule has 0 unspecified atom stereocenters. The maximum Gasteiger partial charge on any atom is 0.264 e. The predicted octanol–water partition coefficient (Wildman–Crippen LogP) is 3.29. The summed E-state index contributed by atoms with van der Waals surface area (Å²) in [6.45, 7) is 2.76. The fourth-order valence-electron chi connectivity index (χ4n) is 3.72. The summed E-state index contributed by atoms with van der Waals surface area (Å²) in [6, 6.07) is 21.1. The first-order valence-electron chi connectivity index (χ1n) is 11.2. The molecule has 9 heteroatoms. The van der Waals surface area contributed by atoms with Crippen LogP contribution < -0.4 is 19.1 Å². The first-order chi connectivity index (χ1) is 16.9. The van der Waals surface area contributed by atoms with Gasteiger partial charge < -0.3 is 19.5 Å². The van der Waals surface area contributed by atoms with E-state index in [-0.39, 0.29) is 18.0 Å². The van der Waals surface area contributed by atoms with Crippen molar-refractivity contribution < 1.29 is 27.4 Å². The molecule has 1 N–H and O–H groups in total. The van der Waals surface area contributed by atoms with Gasteiger partial charge in [-0.2, -0.15) is 0 Å². The lowest BCUT2D eigenvalue weighted by atomic mass is 10.1. The minimum atomic E-state index is -3.95. The second-order valence-electron chi connectivity index (χ2n) is 8.12. The highest BCUT2D eigenvalue weighted by molar-refractivity contribution is 7.92. The van der Waals surface area contributed by atoms with Gasteiger partial charge in [0.25, 0.3) is 15.9 Å². The first kappa shape index (κ1) is 24.6. The minimum Gasteiger partial charge on any atom is -0.497 e. The van der Waals surface area contributed by atoms with Gasteiger partial charge in [-0.3, -0.25) is 9.10 Å². The fraction of sp³-hybridized carbons (Fsp3) is 0.269. The quantitative estimate of drug-likeness (QED) is 0.457. The van der Waals surface area contributed by atoms with E-state index < -0.39 is 22.0 Å². The number of carbonyl (C=O) groups is 1. The normalized spacial score (nSPS) is 15.1. The van der Waals surface area contributed by atoms with Crippen LogP contribution in [0.4, 0.5) is 5.69 Å². The number of hydrogen-bond acceptors (Lipinski definition) is 6. The number of benzene rings is 3. The monoisotopic (exact) mass is 496 g/mol. The molecule has 0 spiro atoms. The van der Waals surface area contributed by atoms with Crippen molar-refractivity contribution >= 4 is 21.6 Å². The van der Waals surface area contributed by atoms with Crippen LogP contribution in [0.1, 0.15) is 11.1 Å². The third-order valence-electron chi connectivity index (χ3n) is 5.58. The van der Waals surface area contributed by atoms with Crippen molar-refractivity contribution in [2.45, 2.75) is 24.5 Å². The fourth-order valence-corrected chi connectivity index (χ4v) is 5.20. The number of methoxy groups -OCH3 is 1. The Kier molecular flexibility index (Phi) is 7.57. The number of hydrogen-bond donors (Lipinski definition) is 1. The molecule has 0 fully saturated rings. The van der Waals surface area contributed by atoms with Gasteiger partial charge in [-0.1, -0.05) is 36.4 Å². The highest BCUT2D eigenvalue weighted by atomic mass is 32.2. The molecule has 0 aliphatic carbocycles. The van der Waals surface area contributed by atoms with Crippen molar-refractivity contribution in [1.82, 2.24) is 5.32 Å². The summed E-state index contributed by atoms with van der Waals surface area (Å²) >= 11 is 0. The van der Waals surface area contributed by atoms with Crippen molar-refractivity contribution in [3.05, 3.63) is 83.9 Å². The second kappa shape index (κ2) is 10.8. The van der Waals surface area contributed by atoms with Crippen LogP contribution in [0.15, 0.2) is 77.7 Å². The number of aryl methyl sites for hydroxylation is 1. The summed E-state index contributed by atoms with van der Waals surface area (Å²) in [7, 11) is -2.43. The van der Waals surface area contributed by atoms with Gasteiger partial charge in [0.05, 0.1) is 37.5 Å². The zero-order valence-electron chi connectivity index (χ0n) is 19.6. The zero-order chi connectivity index (χ0) is 24.8. The summed E-state index contributed by atoms with van der Waals surface area (Å²) in [5.41, 5.74) is 2.32. The highest BCUT2D eigenvalue weighted by Crippen LogP contribution is 2.38. The Morgan fingerprint density at radius 3 is 2.54 bits per heavy atom. The van der Waals surface area contributed by atoms with E-state index in [4.69, 9.17) is 14.2 Å². The molecule has 1 atom stereocenters. The molecule has 1 aliphatic rings. The van der Waals surface area contributed by atoms with Crippen molar-refractivity contribution in [3.63, 3.8) is 0 Å². The van der Waals surface area contributed by atoms with Crippen molar-refractivity contribution in [3.8, 4) is 11.5 Å². The standard InChI is InChI=1S/C26H28N2O6S/c1-19-8-13-23-24(16-19)34-25(26(29)27-14-15-33-18-20-6-4-3-5-7-20)17-28(23)35(30,31)22-11-9-21(32-2)10-12-22/h3-13,16,25H,14-15,17-18H2,1-2H3,(H,27,29)/t25-/m0/s1. The van der Waals surface area contributed by atoms with E-state index in [1.165, 1.54) is 23.5 Å². The molecule has 184 valence electrons. The van der Waals surface area contributed by atoms with Crippen LogP contribution in [0.3, 0.4) is 0 Å². The Balaban J connectivity index is 1.46. The zero-order valence-corrected chi connectivity index (χ0v) is 20.5. The molecule has 1 heterocycles. The Labute approximate surface area is 205 Å². The Bertz CT molecular complexity index is 1260. The van der Waals surface area contributed by atoms with Gasteiger partial charge in [0.15, 0.2) is 6.10 Å². The number of nitrogens with one attached hydrogen (secondary N) is 1. The van der Waals surface area contributed by atoms with E-state index in [0.29, 0.717) is 30.4 Å². The first-order valence-corrected chi connectivity index (χ1v) is 12.7. The van der Waals surface area contributed by atoms with Crippen molar-refractivity contribution in [2.75, 3.05) is 31.1 Å². The van der Waals surface area contributed by atoms with Crippen LogP contribution in [0.5, 0.6) is 11.5 Å². The molecule has 3 aromatic rings. The average molecular weight is 497 g/mol. The number of amides is 1. The van der Waals surface area contributed by atoms with Gasteiger partial charge in [-0.05, 0) is 54.4 Å². The van der Waals surface area contributed by atoms with Crippen LogP contribution in [-0.4, -0.2) is 47.2 Å². The molecule has 1 aliphatic heterocycles. The van der Waals surface area contributed by atoms with Gasteiger partial charge in [0, 0.05) is 6.54 Å².